The molecule has 1 amide bonds. The second-order valence-corrected chi connectivity index (χ2v) is 9.69. The lowest BCUT2D eigenvalue weighted by Crippen LogP contribution is -2.14. The van der Waals surface area contributed by atoms with Gasteiger partial charge >= 0.3 is 0 Å². The molecule has 3 N–H and O–H groups in total. The maximum absolute atomic E-state index is 15.2. The SMILES string of the molecule is C=C/C(CC(C)(C)C)=C(\C=C)OCc1cc(-c2cccc(CC(N)=O)c2F)cc(C(C)OC)c1.O=CO. The van der Waals surface area contributed by atoms with Gasteiger partial charge in [0, 0.05) is 12.7 Å². The fourth-order valence-electron chi connectivity index (χ4n) is 3.73. The average molecular weight is 512 g/mol. The summed E-state index contributed by atoms with van der Waals surface area (Å²) in [7, 11) is 1.63. The molecule has 200 valence electrons. The molecule has 0 aliphatic carbocycles. The zero-order valence-corrected chi connectivity index (χ0v) is 22.3. The Labute approximate surface area is 219 Å². The molecule has 0 fully saturated rings. The van der Waals surface area contributed by atoms with Crippen LogP contribution in [0.2, 0.25) is 0 Å². The first-order chi connectivity index (χ1) is 17.4. The van der Waals surface area contributed by atoms with Crippen LogP contribution in [0.15, 0.2) is 73.0 Å². The van der Waals surface area contributed by atoms with Crippen LogP contribution in [0.1, 0.15) is 56.9 Å². The first kappa shape index (κ1) is 31.3. The number of primary amides is 1. The maximum atomic E-state index is 15.2. The number of hydrogen-bond donors (Lipinski definition) is 2. The number of rotatable bonds is 11. The number of carbonyl (C=O) groups excluding carboxylic acids is 1. The Bertz CT molecular complexity index is 1130. The molecule has 1 unspecified atom stereocenters. The summed E-state index contributed by atoms with van der Waals surface area (Å²) in [5.41, 5.74) is 9.41. The molecule has 0 heterocycles. The third-order valence-electron chi connectivity index (χ3n) is 5.46. The molecule has 0 aliphatic rings. The minimum Gasteiger partial charge on any atom is -0.489 e. The zero-order chi connectivity index (χ0) is 28.2. The molecule has 37 heavy (non-hydrogen) atoms. The van der Waals surface area contributed by atoms with Gasteiger partial charge in [0.1, 0.15) is 18.2 Å². The van der Waals surface area contributed by atoms with Gasteiger partial charge in [0.25, 0.3) is 6.47 Å². The van der Waals surface area contributed by atoms with Crippen molar-refractivity contribution in [2.75, 3.05) is 7.11 Å². The molecule has 0 spiro atoms. The smallest absolute Gasteiger partial charge is 0.290 e. The number of halogens is 1. The molecular formula is C30H38FNO5. The van der Waals surface area contributed by atoms with Crippen LogP contribution in [0.3, 0.4) is 0 Å². The Balaban J connectivity index is 0.00000217. The minimum atomic E-state index is -0.580. The average Bonchev–Trinajstić information content (AvgIpc) is 2.83. The van der Waals surface area contributed by atoms with Crippen molar-refractivity contribution in [3.8, 4) is 11.1 Å². The topological polar surface area (TPSA) is 98.9 Å². The highest BCUT2D eigenvalue weighted by Gasteiger charge is 2.17. The van der Waals surface area contributed by atoms with E-state index in [0.717, 1.165) is 23.1 Å². The van der Waals surface area contributed by atoms with E-state index in [1.807, 2.05) is 25.1 Å². The molecule has 0 saturated heterocycles. The lowest BCUT2D eigenvalue weighted by molar-refractivity contribution is -0.123. The Morgan fingerprint density at radius 1 is 1.19 bits per heavy atom. The van der Waals surface area contributed by atoms with Crippen LogP contribution in [-0.4, -0.2) is 24.6 Å². The van der Waals surface area contributed by atoms with Crippen LogP contribution in [0.4, 0.5) is 4.39 Å². The van der Waals surface area contributed by atoms with Gasteiger partial charge in [-0.1, -0.05) is 58.2 Å². The van der Waals surface area contributed by atoms with Gasteiger partial charge in [0.05, 0.1) is 12.5 Å². The highest BCUT2D eigenvalue weighted by molar-refractivity contribution is 5.78. The summed E-state index contributed by atoms with van der Waals surface area (Å²) in [6.45, 7) is 16.2. The predicted molar refractivity (Wildman–Crippen MR) is 145 cm³/mol. The van der Waals surface area contributed by atoms with Gasteiger partial charge in [-0.2, -0.15) is 0 Å². The van der Waals surface area contributed by atoms with Crippen molar-refractivity contribution in [2.45, 2.75) is 53.2 Å². The third-order valence-corrected chi connectivity index (χ3v) is 5.46. The summed E-state index contributed by atoms with van der Waals surface area (Å²) < 4.78 is 26.9. The molecule has 1 atom stereocenters. The Morgan fingerprint density at radius 2 is 1.84 bits per heavy atom. The van der Waals surface area contributed by atoms with Gasteiger partial charge in [0.2, 0.25) is 5.91 Å². The lowest BCUT2D eigenvalue weighted by Gasteiger charge is -2.21. The first-order valence-corrected chi connectivity index (χ1v) is 11.8. The number of nitrogens with two attached hydrogens (primary N) is 1. The molecule has 7 heteroatoms. The second-order valence-electron chi connectivity index (χ2n) is 9.69. The number of allylic oxidation sites excluding steroid dienone is 3. The predicted octanol–water partition coefficient (Wildman–Crippen LogP) is 6.51. The normalized spacial score (nSPS) is 12.4. The van der Waals surface area contributed by atoms with Gasteiger partial charge in [-0.15, -0.1) is 0 Å². The molecule has 2 aromatic carbocycles. The number of amides is 1. The van der Waals surface area contributed by atoms with Gasteiger partial charge < -0.3 is 20.3 Å². The number of benzene rings is 2. The van der Waals surface area contributed by atoms with E-state index in [4.69, 9.17) is 25.1 Å². The van der Waals surface area contributed by atoms with Crippen LogP contribution in [0.25, 0.3) is 11.1 Å². The van der Waals surface area contributed by atoms with E-state index in [-0.39, 0.29) is 36.6 Å². The van der Waals surface area contributed by atoms with Crippen molar-refractivity contribution in [2.24, 2.45) is 11.1 Å². The Morgan fingerprint density at radius 3 is 2.35 bits per heavy atom. The molecule has 0 aliphatic heterocycles. The zero-order valence-electron chi connectivity index (χ0n) is 22.3. The number of hydrogen-bond acceptors (Lipinski definition) is 4. The Kier molecular flexibility index (Phi) is 12.5. The molecule has 0 radical (unpaired) electrons. The van der Waals surface area contributed by atoms with Crippen molar-refractivity contribution in [3.05, 3.63) is 95.5 Å². The summed E-state index contributed by atoms with van der Waals surface area (Å²) >= 11 is 0. The standard InChI is InChI=1S/C29H36FNO3.CH2O2/c1-8-21(17-29(4,5)6)26(9-2)34-18-20-13-23(19(3)33-7)15-24(14-20)25-12-10-11-22(28(25)30)16-27(31)32;2-1-3/h8-15,19H,1-2,16-18H2,3-7H3,(H2,31,32);1H,(H,2,3)/b26-21-;. The largest absolute Gasteiger partial charge is 0.489 e. The van der Waals surface area contributed by atoms with Crippen LogP contribution in [-0.2, 0) is 32.1 Å². The quantitative estimate of drug-likeness (QED) is 0.204. The summed E-state index contributed by atoms with van der Waals surface area (Å²) in [5.74, 6) is -0.364. The summed E-state index contributed by atoms with van der Waals surface area (Å²) in [5, 5.41) is 6.89. The minimum absolute atomic E-state index is 0.0651. The van der Waals surface area contributed by atoms with Gasteiger partial charge in [-0.05, 0) is 70.9 Å². The van der Waals surface area contributed by atoms with E-state index in [0.29, 0.717) is 16.9 Å². The van der Waals surface area contributed by atoms with Gasteiger partial charge in [0.15, 0.2) is 0 Å². The van der Waals surface area contributed by atoms with E-state index < -0.39 is 11.7 Å². The molecule has 6 nitrogen and oxygen atoms in total. The van der Waals surface area contributed by atoms with E-state index in [1.54, 1.807) is 37.5 Å². The summed E-state index contributed by atoms with van der Waals surface area (Å²) in [4.78, 5) is 19.7. The number of ether oxygens (including phenoxy) is 2. The van der Waals surface area contributed by atoms with Crippen molar-refractivity contribution < 1.29 is 28.6 Å². The molecule has 0 bridgehead atoms. The molecule has 2 rings (SSSR count). The highest BCUT2D eigenvalue weighted by atomic mass is 19.1. The van der Waals surface area contributed by atoms with Crippen LogP contribution >= 0.6 is 0 Å². The van der Waals surface area contributed by atoms with Gasteiger partial charge in [-0.25, -0.2) is 4.39 Å². The number of carboxylic acid groups (broad SMARTS) is 1. The van der Waals surface area contributed by atoms with Crippen LogP contribution < -0.4 is 5.73 Å². The second kappa shape index (κ2) is 14.8. The monoisotopic (exact) mass is 511 g/mol. The summed E-state index contributed by atoms with van der Waals surface area (Å²) in [6.07, 6.45) is 3.93. The fraction of sp³-hybridized carbons (Fsp3) is 0.333. The van der Waals surface area contributed by atoms with Crippen molar-refractivity contribution in [1.29, 1.82) is 0 Å². The van der Waals surface area contributed by atoms with Crippen molar-refractivity contribution >= 4 is 12.4 Å². The van der Waals surface area contributed by atoms with E-state index in [9.17, 15) is 4.79 Å². The Hall–Kier alpha value is -3.71. The maximum Gasteiger partial charge on any atom is 0.290 e. The third kappa shape index (κ3) is 10.1. The van der Waals surface area contributed by atoms with Crippen LogP contribution in [0, 0.1) is 11.2 Å². The van der Waals surface area contributed by atoms with E-state index in [1.165, 1.54) is 0 Å². The van der Waals surface area contributed by atoms with Crippen LogP contribution in [0.5, 0.6) is 0 Å². The number of carbonyl (C=O) groups is 2. The first-order valence-electron chi connectivity index (χ1n) is 11.8. The highest BCUT2D eigenvalue weighted by Crippen LogP contribution is 2.31. The molecular weight excluding hydrogens is 473 g/mol. The lowest BCUT2D eigenvalue weighted by atomic mass is 9.87. The van der Waals surface area contributed by atoms with E-state index in [2.05, 4.69) is 33.9 Å². The number of methoxy groups -OCH3 is 1. The molecule has 2 aromatic rings. The fourth-order valence-corrected chi connectivity index (χ4v) is 3.73. The van der Waals surface area contributed by atoms with Gasteiger partial charge in [-0.3, -0.25) is 9.59 Å². The van der Waals surface area contributed by atoms with E-state index >= 15 is 4.39 Å². The molecule has 0 aromatic heterocycles. The van der Waals surface area contributed by atoms with Crippen molar-refractivity contribution in [1.82, 2.24) is 0 Å². The summed E-state index contributed by atoms with van der Waals surface area (Å²) in [6, 6.07) is 10.7. The molecule has 0 saturated carbocycles. The van der Waals surface area contributed by atoms with Crippen molar-refractivity contribution in [3.63, 3.8) is 0 Å².